The van der Waals surface area contributed by atoms with Gasteiger partial charge in [-0.25, -0.2) is 0 Å². The first-order valence-electron chi connectivity index (χ1n) is 7.00. The predicted octanol–water partition coefficient (Wildman–Crippen LogP) is -1.29. The number of rotatable bonds is 3. The first-order chi connectivity index (χ1) is 9.50. The third kappa shape index (κ3) is 2.65. The van der Waals surface area contributed by atoms with Gasteiger partial charge in [0.1, 0.15) is 6.04 Å². The molecule has 2 aliphatic rings. The maximum Gasteiger partial charge on any atom is 0.245 e. The van der Waals surface area contributed by atoms with Crippen LogP contribution in [0.5, 0.6) is 0 Å². The molecule has 3 atom stereocenters. The Morgan fingerprint density at radius 1 is 1.40 bits per heavy atom. The van der Waals surface area contributed by atoms with Gasteiger partial charge in [-0.1, -0.05) is 0 Å². The van der Waals surface area contributed by atoms with Gasteiger partial charge >= 0.3 is 0 Å². The molecular formula is C13H23N3O4. The third-order valence-electron chi connectivity index (χ3n) is 4.05. The Kier molecular flexibility index (Phi) is 4.62. The lowest BCUT2D eigenvalue weighted by Gasteiger charge is -2.39. The number of likely N-dealkylation sites (N-methyl/N-ethyl adjacent to an activating group) is 1. The van der Waals surface area contributed by atoms with Gasteiger partial charge in [0.25, 0.3) is 0 Å². The number of morpholine rings is 1. The Morgan fingerprint density at radius 2 is 2.15 bits per heavy atom. The fourth-order valence-electron chi connectivity index (χ4n) is 2.59. The van der Waals surface area contributed by atoms with E-state index in [2.05, 4.69) is 5.32 Å². The molecule has 0 spiro atoms. The summed E-state index contributed by atoms with van der Waals surface area (Å²) in [5.41, 5.74) is 5.23. The van der Waals surface area contributed by atoms with Crippen LogP contribution in [0, 0.1) is 5.41 Å². The maximum atomic E-state index is 12.8. The van der Waals surface area contributed by atoms with E-state index in [9.17, 15) is 9.59 Å². The quantitative estimate of drug-likeness (QED) is 0.673. The van der Waals surface area contributed by atoms with E-state index in [-0.39, 0.29) is 24.5 Å². The van der Waals surface area contributed by atoms with Crippen LogP contribution in [0.15, 0.2) is 0 Å². The van der Waals surface area contributed by atoms with E-state index in [0.29, 0.717) is 32.9 Å². The van der Waals surface area contributed by atoms with Gasteiger partial charge < -0.3 is 25.4 Å². The SMILES string of the molecule is CCNC(=O)C1COCCN1C(=O)C1(C)COCC1N. The van der Waals surface area contributed by atoms with Crippen LogP contribution >= 0.6 is 0 Å². The second-order valence-corrected chi connectivity index (χ2v) is 5.52. The molecule has 2 aliphatic heterocycles. The van der Waals surface area contributed by atoms with Crippen molar-refractivity contribution in [3.05, 3.63) is 0 Å². The highest BCUT2D eigenvalue weighted by Gasteiger charge is 2.49. The van der Waals surface area contributed by atoms with Gasteiger partial charge in [-0.15, -0.1) is 0 Å². The van der Waals surface area contributed by atoms with Gasteiger partial charge in [0.2, 0.25) is 11.8 Å². The summed E-state index contributed by atoms with van der Waals surface area (Å²) in [6.07, 6.45) is 0. The number of amides is 2. The number of carbonyl (C=O) groups is 2. The van der Waals surface area contributed by atoms with Gasteiger partial charge in [-0.2, -0.15) is 0 Å². The minimum Gasteiger partial charge on any atom is -0.379 e. The van der Waals surface area contributed by atoms with E-state index < -0.39 is 11.5 Å². The Balaban J connectivity index is 2.15. The fraction of sp³-hybridized carbons (Fsp3) is 0.846. The molecule has 2 heterocycles. The summed E-state index contributed by atoms with van der Waals surface area (Å²) in [6, 6.07) is -0.923. The van der Waals surface area contributed by atoms with Crippen molar-refractivity contribution in [2.75, 3.05) is 39.5 Å². The van der Waals surface area contributed by atoms with Crippen molar-refractivity contribution < 1.29 is 19.1 Å². The molecule has 0 aromatic rings. The van der Waals surface area contributed by atoms with Crippen LogP contribution in [0.1, 0.15) is 13.8 Å². The zero-order chi connectivity index (χ0) is 14.8. The number of nitrogens with one attached hydrogen (secondary N) is 1. The average Bonchev–Trinajstić information content (AvgIpc) is 2.79. The Hall–Kier alpha value is -1.18. The minimum absolute atomic E-state index is 0.123. The van der Waals surface area contributed by atoms with E-state index in [4.69, 9.17) is 15.2 Å². The second kappa shape index (κ2) is 6.07. The van der Waals surface area contributed by atoms with Gasteiger partial charge in [0, 0.05) is 19.1 Å². The van der Waals surface area contributed by atoms with E-state index in [1.165, 1.54) is 0 Å². The normalized spacial score (nSPS) is 34.0. The van der Waals surface area contributed by atoms with E-state index in [1.807, 2.05) is 6.92 Å². The molecule has 0 bridgehead atoms. The molecule has 3 unspecified atom stereocenters. The monoisotopic (exact) mass is 285 g/mol. The Labute approximate surface area is 118 Å². The fourth-order valence-corrected chi connectivity index (χ4v) is 2.59. The maximum absolute atomic E-state index is 12.8. The lowest BCUT2D eigenvalue weighted by atomic mass is 9.83. The molecule has 20 heavy (non-hydrogen) atoms. The molecule has 0 aromatic heterocycles. The topological polar surface area (TPSA) is 93.9 Å². The Bertz CT molecular complexity index is 390. The van der Waals surface area contributed by atoms with Crippen LogP contribution in [-0.2, 0) is 19.1 Å². The molecule has 2 rings (SSSR count). The molecule has 3 N–H and O–H groups in total. The van der Waals surface area contributed by atoms with Crippen molar-refractivity contribution in [3.8, 4) is 0 Å². The lowest BCUT2D eigenvalue weighted by molar-refractivity contribution is -0.156. The van der Waals surface area contributed by atoms with Crippen LogP contribution in [-0.4, -0.2) is 68.3 Å². The van der Waals surface area contributed by atoms with E-state index >= 15 is 0 Å². The number of hydrogen-bond donors (Lipinski definition) is 2. The van der Waals surface area contributed by atoms with Crippen molar-refractivity contribution in [1.29, 1.82) is 0 Å². The van der Waals surface area contributed by atoms with Crippen molar-refractivity contribution in [3.63, 3.8) is 0 Å². The molecule has 2 fully saturated rings. The number of hydrogen-bond acceptors (Lipinski definition) is 5. The molecule has 0 aromatic carbocycles. The molecule has 7 nitrogen and oxygen atoms in total. The van der Waals surface area contributed by atoms with Crippen LogP contribution in [0.4, 0.5) is 0 Å². The first kappa shape index (κ1) is 15.2. The summed E-state index contributed by atoms with van der Waals surface area (Å²) in [7, 11) is 0. The number of nitrogens with zero attached hydrogens (tertiary/aromatic N) is 1. The van der Waals surface area contributed by atoms with Crippen LogP contribution in [0.2, 0.25) is 0 Å². The van der Waals surface area contributed by atoms with Crippen molar-refractivity contribution in [2.24, 2.45) is 11.1 Å². The summed E-state index contributed by atoms with van der Waals surface area (Å²) in [5, 5.41) is 2.74. The van der Waals surface area contributed by atoms with Crippen LogP contribution in [0.3, 0.4) is 0 Å². The molecule has 2 amide bonds. The number of nitrogens with two attached hydrogens (primary N) is 1. The first-order valence-corrected chi connectivity index (χ1v) is 7.00. The summed E-state index contributed by atoms with van der Waals surface area (Å²) in [4.78, 5) is 26.4. The smallest absolute Gasteiger partial charge is 0.245 e. The molecule has 114 valence electrons. The molecule has 0 saturated carbocycles. The molecule has 0 aliphatic carbocycles. The number of ether oxygens (including phenoxy) is 2. The summed E-state index contributed by atoms with van der Waals surface area (Å²) in [5.74, 6) is -0.307. The standard InChI is InChI=1S/C13H23N3O4/c1-3-15-11(17)9-6-19-5-4-16(9)12(18)13(2)8-20-7-10(13)14/h9-10H,3-8,14H2,1-2H3,(H,15,17). The highest BCUT2D eigenvalue weighted by molar-refractivity contribution is 5.91. The van der Waals surface area contributed by atoms with Gasteiger partial charge in [0.05, 0.1) is 31.8 Å². The van der Waals surface area contributed by atoms with Gasteiger partial charge in [0.15, 0.2) is 0 Å². The van der Waals surface area contributed by atoms with Crippen molar-refractivity contribution in [2.45, 2.75) is 25.9 Å². The third-order valence-corrected chi connectivity index (χ3v) is 4.05. The second-order valence-electron chi connectivity index (χ2n) is 5.52. The minimum atomic E-state index is -0.762. The van der Waals surface area contributed by atoms with Crippen LogP contribution in [0.25, 0.3) is 0 Å². The lowest BCUT2D eigenvalue weighted by Crippen LogP contribution is -2.61. The van der Waals surface area contributed by atoms with Crippen molar-refractivity contribution in [1.82, 2.24) is 10.2 Å². The van der Waals surface area contributed by atoms with Gasteiger partial charge in [-0.05, 0) is 13.8 Å². The molecular weight excluding hydrogens is 262 g/mol. The van der Waals surface area contributed by atoms with E-state index in [0.717, 1.165) is 0 Å². The average molecular weight is 285 g/mol. The molecule has 7 heteroatoms. The van der Waals surface area contributed by atoms with Crippen molar-refractivity contribution >= 4 is 11.8 Å². The molecule has 2 saturated heterocycles. The zero-order valence-electron chi connectivity index (χ0n) is 12.1. The zero-order valence-corrected chi connectivity index (χ0v) is 12.1. The predicted molar refractivity (Wildman–Crippen MR) is 71.9 cm³/mol. The van der Waals surface area contributed by atoms with E-state index in [1.54, 1.807) is 11.8 Å². The molecule has 0 radical (unpaired) electrons. The van der Waals surface area contributed by atoms with Gasteiger partial charge in [-0.3, -0.25) is 9.59 Å². The summed E-state index contributed by atoms with van der Waals surface area (Å²) >= 11 is 0. The summed E-state index contributed by atoms with van der Waals surface area (Å²) in [6.45, 7) is 5.91. The highest BCUT2D eigenvalue weighted by atomic mass is 16.5. The highest BCUT2D eigenvalue weighted by Crippen LogP contribution is 2.30. The number of carbonyl (C=O) groups excluding carboxylic acids is 2. The van der Waals surface area contributed by atoms with Crippen LogP contribution < -0.4 is 11.1 Å². The largest absolute Gasteiger partial charge is 0.379 e. The Morgan fingerprint density at radius 3 is 2.75 bits per heavy atom. The summed E-state index contributed by atoms with van der Waals surface area (Å²) < 4.78 is 10.7.